The summed E-state index contributed by atoms with van der Waals surface area (Å²) in [5, 5.41) is 16.6. The Balaban J connectivity index is 1.59. The molecular formula is C28H37ClN2O5. The number of rotatable bonds is 10. The molecule has 8 heteroatoms. The van der Waals surface area contributed by atoms with Crippen molar-refractivity contribution in [2.45, 2.75) is 58.1 Å². The van der Waals surface area contributed by atoms with Crippen LogP contribution in [0, 0.1) is 11.8 Å². The number of anilines is 1. The van der Waals surface area contributed by atoms with Gasteiger partial charge in [-0.3, -0.25) is 9.59 Å². The maximum Gasteiger partial charge on any atom is 0.308 e. The van der Waals surface area contributed by atoms with Crippen molar-refractivity contribution in [1.82, 2.24) is 5.32 Å². The predicted molar refractivity (Wildman–Crippen MR) is 142 cm³/mol. The molecule has 1 saturated carbocycles. The lowest BCUT2D eigenvalue weighted by Crippen LogP contribution is -2.32. The number of methoxy groups -OCH3 is 2. The van der Waals surface area contributed by atoms with E-state index in [-0.39, 0.29) is 23.8 Å². The molecule has 0 bridgehead atoms. The number of halogens is 1. The summed E-state index contributed by atoms with van der Waals surface area (Å²) in [5.74, 6) is 0.771. The van der Waals surface area contributed by atoms with Crippen molar-refractivity contribution < 1.29 is 24.2 Å². The zero-order chi connectivity index (χ0) is 26.2. The first-order valence-electron chi connectivity index (χ1n) is 12.5. The number of aliphatic hydroxyl groups is 1. The second-order valence-electron chi connectivity index (χ2n) is 9.64. The van der Waals surface area contributed by atoms with Gasteiger partial charge in [0.15, 0.2) is 0 Å². The molecule has 0 aliphatic heterocycles. The summed E-state index contributed by atoms with van der Waals surface area (Å²) < 4.78 is 10.4. The van der Waals surface area contributed by atoms with Crippen LogP contribution in [0.15, 0.2) is 36.4 Å². The zero-order valence-corrected chi connectivity index (χ0v) is 22.2. The summed E-state index contributed by atoms with van der Waals surface area (Å²) in [7, 11) is 3.06. The molecule has 0 radical (unpaired) electrons. The van der Waals surface area contributed by atoms with E-state index in [9.17, 15) is 14.7 Å². The third-order valence-electron chi connectivity index (χ3n) is 6.83. The first kappa shape index (κ1) is 27.8. The number of carbonyl (C=O) groups excluding carboxylic acids is 2. The van der Waals surface area contributed by atoms with E-state index < -0.39 is 6.10 Å². The van der Waals surface area contributed by atoms with Crippen LogP contribution in [-0.2, 0) is 16.0 Å². The fraction of sp³-hybridized carbons (Fsp3) is 0.500. The number of esters is 1. The molecule has 0 aromatic heterocycles. The van der Waals surface area contributed by atoms with E-state index >= 15 is 0 Å². The minimum atomic E-state index is -0.433. The normalized spacial score (nSPS) is 19.2. The molecule has 2 aromatic rings. The van der Waals surface area contributed by atoms with Crippen LogP contribution in [0.3, 0.4) is 0 Å². The Bertz CT molecular complexity index is 1050. The van der Waals surface area contributed by atoms with Gasteiger partial charge in [-0.15, -0.1) is 0 Å². The Morgan fingerprint density at radius 1 is 1.08 bits per heavy atom. The molecule has 1 aliphatic rings. The number of nitrogens with one attached hydrogen (secondary N) is 2. The van der Waals surface area contributed by atoms with Crippen molar-refractivity contribution >= 4 is 29.2 Å². The van der Waals surface area contributed by atoms with Crippen LogP contribution in [0.1, 0.15) is 67.1 Å². The largest absolute Gasteiger partial charge is 0.496 e. The fourth-order valence-corrected chi connectivity index (χ4v) is 5.02. The molecule has 7 nitrogen and oxygen atoms in total. The van der Waals surface area contributed by atoms with E-state index in [1.54, 1.807) is 32.2 Å². The van der Waals surface area contributed by atoms with Gasteiger partial charge in [0.2, 0.25) is 0 Å². The van der Waals surface area contributed by atoms with Crippen LogP contribution >= 0.6 is 11.6 Å². The maximum absolute atomic E-state index is 12.7. The highest BCUT2D eigenvalue weighted by Crippen LogP contribution is 2.33. The third-order valence-corrected chi connectivity index (χ3v) is 7.14. The van der Waals surface area contributed by atoms with Crippen LogP contribution in [0.5, 0.6) is 5.75 Å². The lowest BCUT2D eigenvalue weighted by atomic mass is 9.82. The van der Waals surface area contributed by atoms with E-state index in [2.05, 4.69) is 10.6 Å². The fourth-order valence-electron chi connectivity index (χ4n) is 4.78. The number of ether oxygens (including phenoxy) is 2. The summed E-state index contributed by atoms with van der Waals surface area (Å²) in [5.41, 5.74) is 3.18. The van der Waals surface area contributed by atoms with Gasteiger partial charge >= 0.3 is 5.97 Å². The Morgan fingerprint density at radius 3 is 2.42 bits per heavy atom. The summed E-state index contributed by atoms with van der Waals surface area (Å²) in [6, 6.07) is 11.0. The SMILES string of the molecule is COc1ccc(CC(C)O)cc1[C@H](C)Nc1ccc(C(=O)NC[C@H]2CC[C@H](C(=O)OC)CC2)cc1Cl. The second-order valence-corrected chi connectivity index (χ2v) is 10.0. The smallest absolute Gasteiger partial charge is 0.308 e. The van der Waals surface area contributed by atoms with Crippen molar-refractivity contribution in [3.05, 3.63) is 58.1 Å². The van der Waals surface area contributed by atoms with E-state index in [4.69, 9.17) is 21.1 Å². The van der Waals surface area contributed by atoms with Crippen LogP contribution in [0.2, 0.25) is 5.02 Å². The van der Waals surface area contributed by atoms with E-state index in [0.717, 1.165) is 42.6 Å². The molecule has 0 saturated heterocycles. The summed E-state index contributed by atoms with van der Waals surface area (Å²) >= 11 is 6.54. The molecule has 2 atom stereocenters. The van der Waals surface area contributed by atoms with E-state index in [0.29, 0.717) is 35.2 Å². The summed E-state index contributed by atoms with van der Waals surface area (Å²) in [6.07, 6.45) is 3.50. The Kier molecular flexibility index (Phi) is 10.0. The number of hydrogen-bond acceptors (Lipinski definition) is 6. The number of amides is 1. The first-order valence-corrected chi connectivity index (χ1v) is 12.9. The monoisotopic (exact) mass is 516 g/mol. The highest BCUT2D eigenvalue weighted by Gasteiger charge is 2.27. The molecule has 1 unspecified atom stereocenters. The highest BCUT2D eigenvalue weighted by molar-refractivity contribution is 6.33. The highest BCUT2D eigenvalue weighted by atomic mass is 35.5. The number of benzene rings is 2. The van der Waals surface area contributed by atoms with Gasteiger partial charge in [0.05, 0.1) is 43.0 Å². The van der Waals surface area contributed by atoms with Crippen molar-refractivity contribution in [1.29, 1.82) is 0 Å². The molecule has 0 spiro atoms. The topological polar surface area (TPSA) is 96.9 Å². The molecule has 1 fully saturated rings. The molecule has 2 aromatic carbocycles. The molecule has 3 N–H and O–H groups in total. The molecule has 1 amide bonds. The van der Waals surface area contributed by atoms with Crippen LogP contribution in [0.4, 0.5) is 5.69 Å². The lowest BCUT2D eigenvalue weighted by molar-refractivity contribution is -0.146. The van der Waals surface area contributed by atoms with Crippen molar-refractivity contribution in [2.24, 2.45) is 11.8 Å². The van der Waals surface area contributed by atoms with Crippen molar-refractivity contribution in [2.75, 3.05) is 26.1 Å². The minimum absolute atomic E-state index is 0.0242. The van der Waals surface area contributed by atoms with Crippen LogP contribution < -0.4 is 15.4 Å². The van der Waals surface area contributed by atoms with E-state index in [1.165, 1.54) is 7.11 Å². The minimum Gasteiger partial charge on any atom is -0.496 e. The zero-order valence-electron chi connectivity index (χ0n) is 21.5. The number of carbonyl (C=O) groups is 2. The number of hydrogen-bond donors (Lipinski definition) is 3. The molecule has 3 rings (SSSR count). The van der Waals surface area contributed by atoms with Gasteiger partial charge in [-0.05, 0) is 87.8 Å². The molecule has 36 heavy (non-hydrogen) atoms. The van der Waals surface area contributed by atoms with Gasteiger partial charge in [0.25, 0.3) is 5.91 Å². The summed E-state index contributed by atoms with van der Waals surface area (Å²) in [4.78, 5) is 24.4. The first-order chi connectivity index (χ1) is 17.2. The molecule has 0 heterocycles. The van der Waals surface area contributed by atoms with Crippen molar-refractivity contribution in [3.8, 4) is 5.75 Å². The molecule has 1 aliphatic carbocycles. The second kappa shape index (κ2) is 13.0. The standard InChI is InChI=1S/C28H37ClN2O5/c1-17(32)13-20-7-12-26(35-3)23(14-20)18(2)31-25-11-10-22(15-24(25)29)27(33)30-16-19-5-8-21(9-6-19)28(34)36-4/h7,10-12,14-15,17-19,21,31-32H,5-6,8-9,13,16H2,1-4H3,(H,30,33)/t17?,18-,19-,21-/m0/s1. The molecule has 196 valence electrons. The lowest BCUT2D eigenvalue weighted by Gasteiger charge is -2.27. The van der Waals surface area contributed by atoms with Gasteiger partial charge in [-0.25, -0.2) is 0 Å². The van der Waals surface area contributed by atoms with E-state index in [1.807, 2.05) is 25.1 Å². The summed E-state index contributed by atoms with van der Waals surface area (Å²) in [6.45, 7) is 4.35. The Labute approximate surface area is 218 Å². The van der Waals surface area contributed by atoms with Gasteiger partial charge in [0.1, 0.15) is 5.75 Å². The Morgan fingerprint density at radius 2 is 1.81 bits per heavy atom. The molecular weight excluding hydrogens is 480 g/mol. The van der Waals surface area contributed by atoms with Crippen LogP contribution in [0.25, 0.3) is 0 Å². The average Bonchev–Trinajstić information content (AvgIpc) is 2.87. The Hall–Kier alpha value is -2.77. The average molecular weight is 517 g/mol. The van der Waals surface area contributed by atoms with Gasteiger partial charge in [0, 0.05) is 17.7 Å². The quantitative estimate of drug-likeness (QED) is 0.378. The van der Waals surface area contributed by atoms with Gasteiger partial charge in [-0.1, -0.05) is 17.7 Å². The third kappa shape index (κ3) is 7.37. The van der Waals surface area contributed by atoms with Crippen LogP contribution in [-0.4, -0.2) is 43.9 Å². The number of aliphatic hydroxyl groups excluding tert-OH is 1. The van der Waals surface area contributed by atoms with Crippen molar-refractivity contribution in [3.63, 3.8) is 0 Å². The van der Waals surface area contributed by atoms with Gasteiger partial charge in [-0.2, -0.15) is 0 Å². The van der Waals surface area contributed by atoms with Gasteiger partial charge < -0.3 is 25.2 Å². The maximum atomic E-state index is 12.7. The predicted octanol–water partition coefficient (Wildman–Crippen LogP) is 5.15.